The molecule has 0 heterocycles. The summed E-state index contributed by atoms with van der Waals surface area (Å²) in [5.41, 5.74) is 3.05. The van der Waals surface area contributed by atoms with Crippen LogP contribution in [0.25, 0.3) is 0 Å². The fourth-order valence-corrected chi connectivity index (χ4v) is 20.5. The van der Waals surface area contributed by atoms with E-state index in [4.69, 9.17) is 0 Å². The summed E-state index contributed by atoms with van der Waals surface area (Å²) in [6, 6.07) is 8.86. The van der Waals surface area contributed by atoms with Crippen molar-refractivity contribution >= 4 is 9.84 Å². The molecular formula is C62H100O6S. The van der Waals surface area contributed by atoms with E-state index in [1.807, 2.05) is 13.0 Å². The number of sulfone groups is 1. The van der Waals surface area contributed by atoms with Crippen molar-refractivity contribution in [3.63, 3.8) is 0 Å². The van der Waals surface area contributed by atoms with E-state index in [1.165, 1.54) is 77.0 Å². The molecule has 0 aromatic heterocycles. The SMILES string of the molecule is CCC(O)CC(C[C@@H](C)[C@H]1CC[C@H]2[C@@H]3CC=C4C[C@](O)(CC)CC[C@@H]4[C@H]3CC[C@]12C)S(=O)(=O)c1ccccc1.CCC(O)CCC[C@@H](C)[C@H]1CC[C@H]2[C@@H]3CC=C4C[C@](O)(CC)CC[C@@H]4[C@H]3CC[C@]12C. The molecule has 7 heteroatoms. The number of aliphatic hydroxyl groups is 4. The molecule has 6 nitrogen and oxygen atoms in total. The van der Waals surface area contributed by atoms with E-state index in [2.05, 4.69) is 60.6 Å². The number of rotatable bonds is 16. The summed E-state index contributed by atoms with van der Waals surface area (Å²) < 4.78 is 27.5. The Hall–Kier alpha value is -1.51. The number of aliphatic hydroxyl groups excluding tert-OH is 2. The average molecular weight is 974 g/mol. The van der Waals surface area contributed by atoms with Crippen LogP contribution < -0.4 is 0 Å². The summed E-state index contributed by atoms with van der Waals surface area (Å²) >= 11 is 0. The third-order valence-corrected chi connectivity index (χ3v) is 25.0. The predicted molar refractivity (Wildman–Crippen MR) is 283 cm³/mol. The number of benzene rings is 1. The first-order valence-corrected chi connectivity index (χ1v) is 30.9. The van der Waals surface area contributed by atoms with Gasteiger partial charge in [-0.1, -0.05) is 110 Å². The van der Waals surface area contributed by atoms with Crippen LogP contribution in [0.1, 0.15) is 216 Å². The van der Waals surface area contributed by atoms with Gasteiger partial charge in [-0.2, -0.15) is 0 Å². The monoisotopic (exact) mass is 973 g/mol. The largest absolute Gasteiger partial charge is 0.393 e. The first-order chi connectivity index (χ1) is 32.8. The van der Waals surface area contributed by atoms with Gasteiger partial charge in [0.05, 0.1) is 33.6 Å². The van der Waals surface area contributed by atoms with Gasteiger partial charge in [0.25, 0.3) is 0 Å². The zero-order chi connectivity index (χ0) is 49.5. The molecule has 1 aromatic carbocycles. The molecule has 19 atom stereocenters. The van der Waals surface area contributed by atoms with Crippen molar-refractivity contribution in [2.45, 2.75) is 249 Å². The summed E-state index contributed by atoms with van der Waals surface area (Å²) in [5.74, 6) is 8.81. The second-order valence-corrected chi connectivity index (χ2v) is 28.3. The third-order valence-electron chi connectivity index (χ3n) is 22.8. The van der Waals surface area contributed by atoms with Crippen molar-refractivity contribution in [3.8, 4) is 0 Å². The topological polar surface area (TPSA) is 115 Å². The summed E-state index contributed by atoms with van der Waals surface area (Å²) in [6.45, 7) is 18.3. The number of hydrogen-bond donors (Lipinski definition) is 4. The van der Waals surface area contributed by atoms with Crippen LogP contribution >= 0.6 is 0 Å². The van der Waals surface area contributed by atoms with Crippen molar-refractivity contribution in [1.82, 2.24) is 0 Å². The van der Waals surface area contributed by atoms with Crippen LogP contribution in [-0.4, -0.2) is 57.5 Å². The maximum Gasteiger partial charge on any atom is 0.181 e. The van der Waals surface area contributed by atoms with Crippen LogP contribution in [0.2, 0.25) is 0 Å². The quantitative estimate of drug-likeness (QED) is 0.123. The van der Waals surface area contributed by atoms with Crippen LogP contribution in [-0.2, 0) is 9.84 Å². The number of allylic oxidation sites excluding steroid dienone is 2. The highest BCUT2D eigenvalue weighted by molar-refractivity contribution is 7.92. The van der Waals surface area contributed by atoms with Gasteiger partial charge in [0.2, 0.25) is 0 Å². The molecule has 8 aliphatic carbocycles. The molecule has 3 unspecified atom stereocenters. The second kappa shape index (κ2) is 21.8. The minimum absolute atomic E-state index is 0.0939. The minimum Gasteiger partial charge on any atom is -0.393 e. The van der Waals surface area contributed by atoms with Crippen molar-refractivity contribution < 1.29 is 28.8 Å². The molecule has 0 radical (unpaired) electrons. The maximum absolute atomic E-state index is 13.8. The van der Waals surface area contributed by atoms with Gasteiger partial charge >= 0.3 is 0 Å². The molecule has 0 aliphatic heterocycles. The highest BCUT2D eigenvalue weighted by atomic mass is 32.2. The lowest BCUT2D eigenvalue weighted by atomic mass is 9.50. The van der Waals surface area contributed by atoms with Crippen molar-refractivity contribution in [2.24, 2.45) is 81.8 Å². The first kappa shape index (κ1) is 53.8. The van der Waals surface area contributed by atoms with Crippen LogP contribution in [0.3, 0.4) is 0 Å². The van der Waals surface area contributed by atoms with E-state index in [0.29, 0.717) is 53.2 Å². The summed E-state index contributed by atoms with van der Waals surface area (Å²) in [5, 5.41) is 41.8. The highest BCUT2D eigenvalue weighted by Crippen LogP contribution is 2.67. The Kier molecular flexibility index (Phi) is 17.0. The summed E-state index contributed by atoms with van der Waals surface area (Å²) in [6.07, 6.45) is 31.3. The Labute approximate surface area is 421 Å². The smallest absolute Gasteiger partial charge is 0.181 e. The second-order valence-electron chi connectivity index (χ2n) is 26.1. The average Bonchev–Trinajstić information content (AvgIpc) is 3.90. The normalized spacial score (nSPS) is 41.4. The van der Waals surface area contributed by atoms with E-state index in [9.17, 15) is 28.8 Å². The molecule has 6 saturated carbocycles. The Morgan fingerprint density at radius 1 is 0.594 bits per heavy atom. The van der Waals surface area contributed by atoms with E-state index in [1.54, 1.807) is 35.4 Å². The van der Waals surface area contributed by atoms with Gasteiger partial charge in [-0.15, -0.1) is 0 Å². The van der Waals surface area contributed by atoms with Crippen molar-refractivity contribution in [2.75, 3.05) is 0 Å². The summed E-state index contributed by atoms with van der Waals surface area (Å²) in [4.78, 5) is 0.383. The molecule has 0 spiro atoms. The highest BCUT2D eigenvalue weighted by Gasteiger charge is 2.59. The van der Waals surface area contributed by atoms with Gasteiger partial charge in [-0.05, 0) is 242 Å². The van der Waals surface area contributed by atoms with Gasteiger partial charge in [0.1, 0.15) is 0 Å². The zero-order valence-electron chi connectivity index (χ0n) is 44.9. The number of fused-ring (bicyclic) bond motifs is 10. The molecule has 390 valence electrons. The Bertz CT molecular complexity index is 2030. The molecule has 8 aliphatic rings. The van der Waals surface area contributed by atoms with E-state index in [-0.39, 0.29) is 11.5 Å². The van der Waals surface area contributed by atoms with Gasteiger partial charge in [0, 0.05) is 0 Å². The molecule has 0 saturated heterocycles. The lowest BCUT2D eigenvalue weighted by molar-refractivity contribution is -0.0461. The molecule has 0 amide bonds. The van der Waals surface area contributed by atoms with Crippen molar-refractivity contribution in [3.05, 3.63) is 53.6 Å². The van der Waals surface area contributed by atoms with Crippen LogP contribution in [0, 0.1) is 81.8 Å². The lowest BCUT2D eigenvalue weighted by Gasteiger charge is -2.55. The van der Waals surface area contributed by atoms with Crippen LogP contribution in [0.4, 0.5) is 0 Å². The molecule has 4 N–H and O–H groups in total. The molecule has 0 bridgehead atoms. The van der Waals surface area contributed by atoms with Crippen LogP contribution in [0.5, 0.6) is 0 Å². The Balaban J connectivity index is 0.000000192. The predicted octanol–water partition coefficient (Wildman–Crippen LogP) is 14.2. The first-order valence-electron chi connectivity index (χ1n) is 29.3. The minimum atomic E-state index is -3.51. The third kappa shape index (κ3) is 10.7. The van der Waals surface area contributed by atoms with Gasteiger partial charge in [-0.25, -0.2) is 8.42 Å². The maximum atomic E-state index is 13.8. The standard InChI is InChI=1S/C34H52O4S.C28H48O2/c1-5-25(35)21-27(39(37,38)26-10-8-7-9-11-26)20-23(3)31-14-15-32-30-13-12-24-22-34(36,6-2)19-17-28(24)29(30)16-18-33(31,32)4;1-5-21(29)9-7-8-19(3)25-12-13-26-24-11-10-20-18-28(30,6-2)17-15-22(20)23(24)14-16-27(25,26)4/h7-12,23,25,27-32,35-36H,5-6,13-22H2,1-4H3;10,19,21-26,29-30H,5-9,11-18H2,1-4H3/t23-,25?,27?,28+,29-,30-,31-,32+,33-,34+;19-,21?,22+,23-,24-,25-,26+,27-,28+/m11/s1. The molecule has 9 rings (SSSR count). The van der Waals surface area contributed by atoms with Crippen molar-refractivity contribution in [1.29, 1.82) is 0 Å². The molecule has 1 aromatic rings. The molecule has 69 heavy (non-hydrogen) atoms. The van der Waals surface area contributed by atoms with Gasteiger partial charge in [0.15, 0.2) is 9.84 Å². The zero-order valence-corrected chi connectivity index (χ0v) is 45.7. The van der Waals surface area contributed by atoms with Crippen LogP contribution in [0.15, 0.2) is 58.5 Å². The summed E-state index contributed by atoms with van der Waals surface area (Å²) in [7, 11) is -3.51. The Morgan fingerprint density at radius 3 is 1.57 bits per heavy atom. The molecule has 6 fully saturated rings. The fourth-order valence-electron chi connectivity index (χ4n) is 18.6. The molecular weight excluding hydrogens is 873 g/mol. The van der Waals surface area contributed by atoms with E-state index in [0.717, 1.165) is 112 Å². The van der Waals surface area contributed by atoms with Gasteiger partial charge in [-0.3, -0.25) is 0 Å². The van der Waals surface area contributed by atoms with E-state index < -0.39 is 32.4 Å². The number of hydrogen-bond acceptors (Lipinski definition) is 6. The fraction of sp³-hybridized carbons (Fsp3) is 0.839. The van der Waals surface area contributed by atoms with Gasteiger partial charge < -0.3 is 20.4 Å². The lowest BCUT2D eigenvalue weighted by Crippen LogP contribution is -2.48. The Morgan fingerprint density at radius 2 is 1.09 bits per heavy atom. The van der Waals surface area contributed by atoms with E-state index >= 15 is 0 Å².